The molecule has 0 saturated carbocycles. The smallest absolute Gasteiger partial charge is 0.179 e. The van der Waals surface area contributed by atoms with Crippen LogP contribution in [-0.4, -0.2) is 25.3 Å². The van der Waals surface area contributed by atoms with Crippen LogP contribution in [0.1, 0.15) is 22.3 Å². The largest absolute Gasteiger partial charge is 0.309 e. The summed E-state index contributed by atoms with van der Waals surface area (Å²) in [4.78, 5) is 0. The van der Waals surface area contributed by atoms with Crippen LogP contribution in [0.3, 0.4) is 0 Å². The Morgan fingerprint density at radius 2 is 0.433 bits per heavy atom. The lowest BCUT2D eigenvalue weighted by atomic mass is 9.90. The monoisotopic (exact) mass is 1180 g/mol. The zero-order valence-electron chi connectivity index (χ0n) is 49.6. The molecule has 16 aromatic rings. The van der Waals surface area contributed by atoms with Crippen molar-refractivity contribution in [2.24, 2.45) is 0 Å². The highest BCUT2D eigenvalue weighted by Crippen LogP contribution is 2.48. The summed E-state index contributed by atoms with van der Waals surface area (Å²) in [6.07, 6.45) is 1.62. The Labute approximate surface area is 526 Å². The van der Waals surface area contributed by atoms with Crippen molar-refractivity contribution in [3.05, 3.63) is 362 Å². The van der Waals surface area contributed by atoms with Crippen LogP contribution in [0.5, 0.6) is 0 Å². The summed E-state index contributed by atoms with van der Waals surface area (Å²) in [5.74, 6) is 0. The first-order chi connectivity index (χ1) is 44.6. The molecule has 0 spiro atoms. The number of rotatable bonds is 11. The highest BCUT2D eigenvalue weighted by atomic mass is 28.3. The molecule has 0 atom stereocenters. The number of aromatic nitrogens is 2. The third-order valence-electron chi connectivity index (χ3n) is 20.1. The number of nitrogens with zero attached hydrogens (tertiary/aromatic N) is 2. The summed E-state index contributed by atoms with van der Waals surface area (Å²) in [6.45, 7) is 0. The van der Waals surface area contributed by atoms with Crippen molar-refractivity contribution in [2.45, 2.75) is 12.8 Å². The SMILES string of the molecule is c1ccc([Si](c2ccccc2)(c2ccccc2)c2cc3c(c(-c4cc([Si](c5ccccc5)(c5ccccc5)c5ccccc5)cc5c4Cc4ccc(-n6c7ccccc7c7ccccc76)cc4-5)c2)Cc2ccc(-n4c5ccccc5c5ccccc54)cc2-3)cc1. The van der Waals surface area contributed by atoms with Crippen molar-refractivity contribution in [2.75, 3.05) is 0 Å². The van der Waals surface area contributed by atoms with Gasteiger partial charge in [0.1, 0.15) is 0 Å². The summed E-state index contributed by atoms with van der Waals surface area (Å²) in [5, 5.41) is 16.0. The van der Waals surface area contributed by atoms with E-state index >= 15 is 0 Å². The maximum absolute atomic E-state index is 3.15. The van der Waals surface area contributed by atoms with Crippen molar-refractivity contribution in [1.82, 2.24) is 9.13 Å². The maximum atomic E-state index is 2.71. The van der Waals surface area contributed by atoms with Crippen molar-refractivity contribution >= 4 is 101 Å². The Balaban J connectivity index is 0.980. The van der Waals surface area contributed by atoms with E-state index in [2.05, 4.69) is 349 Å². The zero-order valence-corrected chi connectivity index (χ0v) is 51.6. The van der Waals surface area contributed by atoms with Crippen molar-refractivity contribution in [3.63, 3.8) is 0 Å². The number of fused-ring (bicyclic) bond motifs is 12. The van der Waals surface area contributed by atoms with Gasteiger partial charge in [0, 0.05) is 32.9 Å². The van der Waals surface area contributed by atoms with Gasteiger partial charge < -0.3 is 9.13 Å². The van der Waals surface area contributed by atoms with E-state index in [1.54, 1.807) is 0 Å². The van der Waals surface area contributed by atoms with Crippen molar-refractivity contribution < 1.29 is 0 Å². The molecule has 2 heterocycles. The molecule has 0 aliphatic heterocycles. The fraction of sp³-hybridized carbons (Fsp3) is 0.0233. The van der Waals surface area contributed by atoms with Gasteiger partial charge in [-0.05, 0) is 159 Å². The molecule has 0 saturated heterocycles. The third kappa shape index (κ3) is 7.81. The van der Waals surface area contributed by atoms with Crippen LogP contribution in [0.2, 0.25) is 0 Å². The van der Waals surface area contributed by atoms with Crippen LogP contribution >= 0.6 is 0 Å². The van der Waals surface area contributed by atoms with Crippen molar-refractivity contribution in [1.29, 1.82) is 0 Å². The molecule has 0 N–H and O–H groups in total. The summed E-state index contributed by atoms with van der Waals surface area (Å²) in [6, 6.07) is 130. The van der Waals surface area contributed by atoms with E-state index in [1.807, 2.05) is 0 Å². The standard InChI is InChI=1S/C86H60N2Si2/c1-7-27-63(28-8-1)89(64-29-9-2-10-30-64,65-31-11-3-12-32-65)69-55-79-75-53-61(87-83-43-23-19-39-71(83)72-40-20-24-44-84(72)87)49-47-59(75)51-77(79)81(57-69)82-58-70(90(66-33-13-4-14-34-66,67-35-15-5-16-36-67)68-37-17-6-18-38-68)56-80-76-54-62(50-48-60(76)52-78(80)82)88-85-45-25-21-41-73(85)74-42-22-26-46-86(74)88/h1-50,53-58H,51-52H2. The molecule has 0 bridgehead atoms. The minimum Gasteiger partial charge on any atom is -0.309 e. The molecule has 18 rings (SSSR count). The minimum atomic E-state index is -3.15. The molecule has 422 valence electrons. The predicted octanol–water partition coefficient (Wildman–Crippen LogP) is 15.4. The molecule has 2 nitrogen and oxygen atoms in total. The average molecular weight is 1180 g/mol. The van der Waals surface area contributed by atoms with Crippen LogP contribution in [0.15, 0.2) is 340 Å². The Bertz CT molecular complexity index is 4820. The molecule has 0 radical (unpaired) electrons. The van der Waals surface area contributed by atoms with Gasteiger partial charge in [-0.1, -0.05) is 291 Å². The lowest BCUT2D eigenvalue weighted by molar-refractivity contribution is 1.17. The molecule has 2 aromatic heterocycles. The molecule has 0 unspecified atom stereocenters. The van der Waals surface area contributed by atoms with E-state index < -0.39 is 16.1 Å². The molecule has 90 heavy (non-hydrogen) atoms. The maximum Gasteiger partial charge on any atom is 0.179 e. The lowest BCUT2D eigenvalue weighted by Crippen LogP contribution is -2.75. The van der Waals surface area contributed by atoms with Crippen LogP contribution in [0.4, 0.5) is 0 Å². The lowest BCUT2D eigenvalue weighted by Gasteiger charge is -2.36. The number of hydrogen-bond acceptors (Lipinski definition) is 0. The molecule has 14 aromatic carbocycles. The number of para-hydroxylation sites is 4. The summed E-state index contributed by atoms with van der Waals surface area (Å²) in [7, 11) is -6.29. The van der Waals surface area contributed by atoms with Gasteiger partial charge in [0.15, 0.2) is 16.1 Å². The molecular weight excluding hydrogens is 1120 g/mol. The van der Waals surface area contributed by atoms with Gasteiger partial charge in [-0.3, -0.25) is 0 Å². The second-order valence-corrected chi connectivity index (χ2v) is 32.2. The first-order valence-corrected chi connectivity index (χ1v) is 35.6. The van der Waals surface area contributed by atoms with Crippen LogP contribution in [-0.2, 0) is 12.8 Å². The van der Waals surface area contributed by atoms with Gasteiger partial charge >= 0.3 is 0 Å². The van der Waals surface area contributed by atoms with E-state index in [4.69, 9.17) is 0 Å². The first-order valence-electron chi connectivity index (χ1n) is 31.6. The van der Waals surface area contributed by atoms with Crippen LogP contribution in [0, 0.1) is 0 Å². The minimum absolute atomic E-state index is 0.812. The van der Waals surface area contributed by atoms with Crippen LogP contribution in [0.25, 0.3) is 88.4 Å². The van der Waals surface area contributed by atoms with E-state index in [0.29, 0.717) is 0 Å². The molecule has 4 heteroatoms. The molecule has 2 aliphatic rings. The Morgan fingerprint density at radius 3 is 0.700 bits per heavy atom. The van der Waals surface area contributed by atoms with Gasteiger partial charge in [-0.15, -0.1) is 0 Å². The molecule has 0 fully saturated rings. The van der Waals surface area contributed by atoms with E-state index in [1.165, 1.54) is 152 Å². The van der Waals surface area contributed by atoms with Gasteiger partial charge in [-0.2, -0.15) is 0 Å². The highest BCUT2D eigenvalue weighted by Gasteiger charge is 2.45. The number of benzene rings is 14. The van der Waals surface area contributed by atoms with E-state index in [-0.39, 0.29) is 0 Å². The van der Waals surface area contributed by atoms with Crippen molar-refractivity contribution in [3.8, 4) is 44.8 Å². The first kappa shape index (κ1) is 52.3. The Morgan fingerprint density at radius 1 is 0.200 bits per heavy atom. The Hall–Kier alpha value is -10.9. The number of hydrogen-bond donors (Lipinski definition) is 0. The van der Waals surface area contributed by atoms with Gasteiger partial charge in [0.25, 0.3) is 0 Å². The quantitative estimate of drug-likeness (QED) is 0.0902. The second-order valence-electron chi connectivity index (χ2n) is 24.6. The highest BCUT2D eigenvalue weighted by molar-refractivity contribution is 7.20. The summed E-state index contributed by atoms with van der Waals surface area (Å²) >= 11 is 0. The third-order valence-corrected chi connectivity index (χ3v) is 29.6. The van der Waals surface area contributed by atoms with Crippen LogP contribution < -0.4 is 41.5 Å². The molecule has 2 aliphatic carbocycles. The normalized spacial score (nSPS) is 12.6. The summed E-state index contributed by atoms with van der Waals surface area (Å²) < 4.78 is 4.99. The molecular formula is C86H60N2Si2. The Kier molecular flexibility index (Phi) is 12.1. The second kappa shape index (κ2) is 20.9. The van der Waals surface area contributed by atoms with Gasteiger partial charge in [-0.25, -0.2) is 0 Å². The fourth-order valence-electron chi connectivity index (χ4n) is 16.2. The van der Waals surface area contributed by atoms with E-state index in [0.717, 1.165) is 12.8 Å². The summed E-state index contributed by atoms with van der Waals surface area (Å²) in [5.41, 5.74) is 20.6. The van der Waals surface area contributed by atoms with Gasteiger partial charge in [0.05, 0.1) is 22.1 Å². The molecule has 0 amide bonds. The van der Waals surface area contributed by atoms with Gasteiger partial charge in [0.2, 0.25) is 0 Å². The van der Waals surface area contributed by atoms with E-state index in [9.17, 15) is 0 Å². The zero-order chi connectivity index (χ0) is 59.3. The fourth-order valence-corrected chi connectivity index (χ4v) is 25.8. The topological polar surface area (TPSA) is 9.86 Å². The average Bonchev–Trinajstić information content (AvgIpc) is 0.987. The predicted molar refractivity (Wildman–Crippen MR) is 384 cm³/mol.